The van der Waals surface area contributed by atoms with Gasteiger partial charge in [-0.3, -0.25) is 14.5 Å². The minimum atomic E-state index is -3.83. The number of likely N-dealkylation sites (N-methyl/N-ethyl adjacent to an activating group) is 1. The largest absolute Gasteiger partial charge is 0.422 e. The second-order valence-electron chi connectivity index (χ2n) is 13.9. The molecule has 1 saturated carbocycles. The molecule has 0 radical (unpaired) electrons. The maximum Gasteiger partial charge on any atom is 0.341 e. The van der Waals surface area contributed by atoms with Gasteiger partial charge < -0.3 is 23.9 Å². The molecule has 1 saturated heterocycles. The summed E-state index contributed by atoms with van der Waals surface area (Å²) >= 11 is 0. The highest BCUT2D eigenvalue weighted by molar-refractivity contribution is 7.91. The zero-order valence-corrected chi connectivity index (χ0v) is 29.6. The summed E-state index contributed by atoms with van der Waals surface area (Å²) < 4.78 is 38.2. The standard InChI is InChI=1S/C35H45N5O7S/c1-21-16-28(39-15-14-38(6)24(18-39)20-46-7)22(2)31-30(21)25-10-13-40(19-27(25)34(43)47-31)33(42)23-8-9-26(29(17-23)37(4)5)32(41)36-48(44,45)35(3)11-12-35/h8-9,16-17,24H,10-15,18-20H2,1-7H3,(H,36,41)/t24-/m1/s1. The quantitative estimate of drug-likeness (QED) is 0.355. The molecule has 1 N–H and O–H groups in total. The van der Waals surface area contributed by atoms with E-state index in [2.05, 4.69) is 27.6 Å². The van der Waals surface area contributed by atoms with Gasteiger partial charge in [-0.05, 0) is 82.5 Å². The molecule has 2 fully saturated rings. The number of aryl methyl sites for hydroxylation is 2. The van der Waals surface area contributed by atoms with E-state index in [0.29, 0.717) is 54.8 Å². The SMILES string of the molecule is COC[C@H]1CN(c2cc(C)c3c4c(c(=O)oc3c2C)CN(C(=O)c2ccc(C(=O)NS(=O)(=O)C3(C)CC3)c(N(C)C)c2)CC4)CCN1C. The summed E-state index contributed by atoms with van der Waals surface area (Å²) in [4.78, 5) is 48.3. The fraction of sp³-hybridized carbons (Fsp3) is 0.514. The summed E-state index contributed by atoms with van der Waals surface area (Å²) in [6.45, 7) is 9.36. The van der Waals surface area contributed by atoms with E-state index in [9.17, 15) is 22.8 Å². The Kier molecular flexibility index (Phi) is 8.84. The summed E-state index contributed by atoms with van der Waals surface area (Å²) in [5.41, 5.74) is 5.43. The zero-order chi connectivity index (χ0) is 34.7. The van der Waals surface area contributed by atoms with Crippen LogP contribution in [0.15, 0.2) is 33.5 Å². The maximum atomic E-state index is 13.8. The Morgan fingerprint density at radius 2 is 1.83 bits per heavy atom. The van der Waals surface area contributed by atoms with Crippen LogP contribution in [0.4, 0.5) is 11.4 Å². The van der Waals surface area contributed by atoms with E-state index in [1.807, 2.05) is 13.8 Å². The monoisotopic (exact) mass is 679 g/mol. The number of fused-ring (bicyclic) bond motifs is 3. The maximum absolute atomic E-state index is 13.8. The van der Waals surface area contributed by atoms with Crippen LogP contribution in [0.25, 0.3) is 11.0 Å². The average molecular weight is 680 g/mol. The van der Waals surface area contributed by atoms with Gasteiger partial charge in [0.05, 0.1) is 35.1 Å². The number of benzene rings is 2. The number of piperazine rings is 1. The number of anilines is 2. The molecule has 2 amide bonds. The van der Waals surface area contributed by atoms with E-state index >= 15 is 0 Å². The first-order valence-corrected chi connectivity index (χ1v) is 17.8. The Labute approximate surface area is 281 Å². The number of ether oxygens (including phenoxy) is 1. The van der Waals surface area contributed by atoms with E-state index in [-0.39, 0.29) is 24.1 Å². The van der Waals surface area contributed by atoms with Crippen LogP contribution in [0.3, 0.4) is 0 Å². The summed E-state index contributed by atoms with van der Waals surface area (Å²) in [5.74, 6) is -1.03. The Morgan fingerprint density at radius 1 is 1.10 bits per heavy atom. The molecule has 1 aliphatic carbocycles. The minimum absolute atomic E-state index is 0.0974. The number of rotatable bonds is 8. The predicted molar refractivity (Wildman–Crippen MR) is 186 cm³/mol. The number of nitrogens with zero attached hydrogens (tertiary/aromatic N) is 4. The molecule has 2 aliphatic heterocycles. The molecule has 48 heavy (non-hydrogen) atoms. The number of hydrogen-bond acceptors (Lipinski definition) is 10. The van der Waals surface area contributed by atoms with Gasteiger partial charge in [0.1, 0.15) is 5.58 Å². The van der Waals surface area contributed by atoms with Gasteiger partial charge >= 0.3 is 5.63 Å². The van der Waals surface area contributed by atoms with Crippen molar-refractivity contribution in [1.82, 2.24) is 14.5 Å². The third kappa shape index (κ3) is 5.96. The molecule has 12 nitrogen and oxygen atoms in total. The normalized spacial score (nSPS) is 19.3. The zero-order valence-electron chi connectivity index (χ0n) is 28.8. The number of sulfonamides is 1. The smallest absolute Gasteiger partial charge is 0.341 e. The van der Waals surface area contributed by atoms with Crippen LogP contribution in [0.2, 0.25) is 0 Å². The molecule has 1 atom stereocenters. The van der Waals surface area contributed by atoms with E-state index in [1.165, 1.54) is 12.1 Å². The highest BCUT2D eigenvalue weighted by Crippen LogP contribution is 2.42. The lowest BCUT2D eigenvalue weighted by Gasteiger charge is -2.41. The molecule has 1 aromatic heterocycles. The van der Waals surface area contributed by atoms with Crippen molar-refractivity contribution in [1.29, 1.82) is 0 Å². The summed E-state index contributed by atoms with van der Waals surface area (Å²) in [6.07, 6.45) is 1.50. The van der Waals surface area contributed by atoms with Crippen molar-refractivity contribution in [2.24, 2.45) is 0 Å². The summed E-state index contributed by atoms with van der Waals surface area (Å²) in [6, 6.07) is 7.03. The van der Waals surface area contributed by atoms with Crippen LogP contribution < -0.4 is 20.1 Å². The number of hydrogen-bond donors (Lipinski definition) is 1. The van der Waals surface area contributed by atoms with Crippen molar-refractivity contribution in [3.8, 4) is 0 Å². The molecule has 2 aromatic carbocycles. The molecule has 0 unspecified atom stereocenters. The second kappa shape index (κ2) is 12.5. The molecule has 3 aromatic rings. The van der Waals surface area contributed by atoms with Crippen LogP contribution in [0.5, 0.6) is 0 Å². The molecule has 0 spiro atoms. The van der Waals surface area contributed by atoms with Gasteiger partial charge in [-0.1, -0.05) is 0 Å². The van der Waals surface area contributed by atoms with Crippen molar-refractivity contribution in [3.63, 3.8) is 0 Å². The average Bonchev–Trinajstić information content (AvgIpc) is 3.82. The highest BCUT2D eigenvalue weighted by Gasteiger charge is 2.51. The fourth-order valence-corrected chi connectivity index (χ4v) is 8.19. The van der Waals surface area contributed by atoms with Crippen molar-refractivity contribution in [2.75, 3.05) is 70.8 Å². The van der Waals surface area contributed by atoms with Gasteiger partial charge in [0.15, 0.2) is 0 Å². The van der Waals surface area contributed by atoms with Crippen LogP contribution in [0.1, 0.15) is 62.7 Å². The molecule has 3 heterocycles. The van der Waals surface area contributed by atoms with Crippen LogP contribution >= 0.6 is 0 Å². The Hall–Kier alpha value is -3.94. The lowest BCUT2D eigenvalue weighted by molar-refractivity contribution is 0.0732. The minimum Gasteiger partial charge on any atom is -0.422 e. The van der Waals surface area contributed by atoms with Gasteiger partial charge in [-0.25, -0.2) is 17.9 Å². The van der Waals surface area contributed by atoms with Gasteiger partial charge in [0.2, 0.25) is 10.0 Å². The van der Waals surface area contributed by atoms with Gasteiger partial charge in [0, 0.05) is 75.3 Å². The van der Waals surface area contributed by atoms with Crippen molar-refractivity contribution >= 4 is 44.2 Å². The topological polar surface area (TPSA) is 133 Å². The first-order chi connectivity index (χ1) is 22.7. The van der Waals surface area contributed by atoms with Gasteiger partial charge in [0.25, 0.3) is 11.8 Å². The van der Waals surface area contributed by atoms with E-state index in [1.54, 1.807) is 44.0 Å². The van der Waals surface area contributed by atoms with Gasteiger partial charge in [-0.15, -0.1) is 0 Å². The molecular weight excluding hydrogens is 634 g/mol. The molecular formula is C35H45N5O7S. The lowest BCUT2D eigenvalue weighted by Crippen LogP contribution is -2.53. The van der Waals surface area contributed by atoms with Crippen molar-refractivity contribution in [2.45, 2.75) is 57.4 Å². The number of nitrogens with one attached hydrogen (secondary N) is 1. The van der Waals surface area contributed by atoms with Crippen molar-refractivity contribution < 1.29 is 27.2 Å². The van der Waals surface area contributed by atoms with Crippen LogP contribution in [-0.4, -0.2) is 102 Å². The molecule has 0 bridgehead atoms. The third-order valence-electron chi connectivity index (χ3n) is 10.4. The molecule has 3 aliphatic rings. The lowest BCUT2D eigenvalue weighted by atomic mass is 9.92. The number of carbonyl (C=O) groups is 2. The van der Waals surface area contributed by atoms with Crippen LogP contribution in [-0.2, 0) is 27.7 Å². The Morgan fingerprint density at radius 3 is 2.50 bits per heavy atom. The molecule has 13 heteroatoms. The molecule has 258 valence electrons. The number of amides is 2. The summed E-state index contributed by atoms with van der Waals surface area (Å²) in [7, 11) is 3.45. The molecule has 6 rings (SSSR count). The van der Waals surface area contributed by atoms with Crippen LogP contribution in [0, 0.1) is 13.8 Å². The van der Waals surface area contributed by atoms with E-state index in [0.717, 1.165) is 47.4 Å². The fourth-order valence-electron chi connectivity index (χ4n) is 6.95. The first-order valence-electron chi connectivity index (χ1n) is 16.4. The summed E-state index contributed by atoms with van der Waals surface area (Å²) in [5, 5.41) is 0.931. The van der Waals surface area contributed by atoms with Crippen molar-refractivity contribution in [3.05, 3.63) is 68.1 Å². The van der Waals surface area contributed by atoms with E-state index < -0.39 is 26.3 Å². The third-order valence-corrected chi connectivity index (χ3v) is 12.5. The Balaban J connectivity index is 1.27. The predicted octanol–water partition coefficient (Wildman–Crippen LogP) is 3.05. The first kappa shape index (κ1) is 33.9. The Bertz CT molecular complexity index is 1970. The second-order valence-corrected chi connectivity index (χ2v) is 16.1. The highest BCUT2D eigenvalue weighted by atomic mass is 32.2. The van der Waals surface area contributed by atoms with E-state index in [4.69, 9.17) is 9.15 Å². The van der Waals surface area contributed by atoms with Gasteiger partial charge in [-0.2, -0.15) is 0 Å². The number of carbonyl (C=O) groups excluding carboxylic acids is 2. The number of methoxy groups -OCH3 is 1.